The Morgan fingerprint density at radius 2 is 1.60 bits per heavy atom. The largest absolute Gasteiger partial charge is 0.505 e. The predicted octanol–water partition coefficient (Wildman–Crippen LogP) is 4.46. The van der Waals surface area contributed by atoms with Crippen LogP contribution in [0.4, 0.5) is 18.9 Å². The van der Waals surface area contributed by atoms with E-state index in [2.05, 4.69) is 5.32 Å². The van der Waals surface area contributed by atoms with Gasteiger partial charge >= 0.3 is 6.18 Å². The van der Waals surface area contributed by atoms with Crippen LogP contribution in [-0.4, -0.2) is 36.1 Å². The highest BCUT2D eigenvalue weighted by Crippen LogP contribution is 2.35. The molecule has 0 atom stereocenters. The van der Waals surface area contributed by atoms with Crippen LogP contribution in [0.3, 0.4) is 0 Å². The molecule has 3 aromatic rings. The van der Waals surface area contributed by atoms with Crippen LogP contribution < -0.4 is 5.32 Å². The molecule has 4 rings (SSSR count). The quantitative estimate of drug-likeness (QED) is 0.405. The molecule has 0 saturated carbocycles. The Kier molecular flexibility index (Phi) is 6.12. The number of sulfonamides is 1. The lowest BCUT2D eigenvalue weighted by atomic mass is 10.0. The van der Waals surface area contributed by atoms with Crippen molar-refractivity contribution in [2.45, 2.75) is 11.1 Å². The summed E-state index contributed by atoms with van der Waals surface area (Å²) in [5.74, 6) is -2.51. The lowest BCUT2D eigenvalue weighted by molar-refractivity contribution is -0.137. The number of ketones is 1. The molecule has 3 aromatic carbocycles. The molecule has 0 fully saturated rings. The van der Waals surface area contributed by atoms with E-state index in [1.54, 1.807) is 18.2 Å². The van der Waals surface area contributed by atoms with Crippen LogP contribution in [-0.2, 0) is 21.0 Å². The number of carbonyl (C=O) groups is 2. The molecule has 0 aliphatic carbocycles. The summed E-state index contributed by atoms with van der Waals surface area (Å²) in [6.45, 7) is -0.967. The Bertz CT molecular complexity index is 1450. The normalized spacial score (nSPS) is 16.4. The summed E-state index contributed by atoms with van der Waals surface area (Å²) in [7, 11) is -4.48. The van der Waals surface area contributed by atoms with Gasteiger partial charge in [-0.25, -0.2) is 12.7 Å². The lowest BCUT2D eigenvalue weighted by Crippen LogP contribution is -2.43. The minimum absolute atomic E-state index is 0.133. The van der Waals surface area contributed by atoms with Crippen molar-refractivity contribution in [2.75, 3.05) is 11.9 Å². The molecule has 0 radical (unpaired) electrons. The number of nitrogens with zero attached hydrogens (tertiary/aromatic N) is 1. The minimum Gasteiger partial charge on any atom is -0.505 e. The number of hydrogen-bond acceptors (Lipinski definition) is 5. The third kappa shape index (κ3) is 4.62. The molecule has 0 bridgehead atoms. The number of hydrogen-bond donors (Lipinski definition) is 2. The molecule has 11 heteroatoms. The SMILES string of the molecule is O=C(CN1C(=C(O)c2ccccc2)C(=O)c2ccccc2S1(=O)=O)Nc1cccc(C(F)(F)F)c1. The maximum atomic E-state index is 13.4. The van der Waals surface area contributed by atoms with Gasteiger partial charge in [-0.3, -0.25) is 9.59 Å². The van der Waals surface area contributed by atoms with Crippen molar-refractivity contribution in [1.82, 2.24) is 4.31 Å². The van der Waals surface area contributed by atoms with E-state index < -0.39 is 51.5 Å². The van der Waals surface area contributed by atoms with E-state index in [0.717, 1.165) is 12.1 Å². The number of amides is 1. The number of nitrogens with one attached hydrogen (secondary N) is 1. The maximum Gasteiger partial charge on any atom is 0.416 e. The zero-order valence-corrected chi connectivity index (χ0v) is 18.6. The highest BCUT2D eigenvalue weighted by atomic mass is 32.2. The van der Waals surface area contributed by atoms with Gasteiger partial charge in [-0.1, -0.05) is 48.5 Å². The minimum atomic E-state index is -4.65. The molecule has 180 valence electrons. The van der Waals surface area contributed by atoms with Crippen LogP contribution in [0, 0.1) is 0 Å². The predicted molar refractivity (Wildman–Crippen MR) is 121 cm³/mol. The highest BCUT2D eigenvalue weighted by Gasteiger charge is 2.42. The Labute approximate surface area is 198 Å². The second-order valence-electron chi connectivity index (χ2n) is 7.53. The summed E-state index contributed by atoms with van der Waals surface area (Å²) >= 11 is 0. The van der Waals surface area contributed by atoms with Crippen molar-refractivity contribution < 1.29 is 36.3 Å². The molecule has 0 aromatic heterocycles. The van der Waals surface area contributed by atoms with Crippen molar-refractivity contribution in [3.05, 3.63) is 101 Å². The van der Waals surface area contributed by atoms with E-state index in [-0.39, 0.29) is 21.7 Å². The lowest BCUT2D eigenvalue weighted by Gasteiger charge is -2.31. The summed E-state index contributed by atoms with van der Waals surface area (Å²) in [5, 5.41) is 13.1. The maximum absolute atomic E-state index is 13.4. The van der Waals surface area contributed by atoms with Gasteiger partial charge in [0.2, 0.25) is 11.7 Å². The van der Waals surface area contributed by atoms with Gasteiger partial charge in [0.1, 0.15) is 12.2 Å². The van der Waals surface area contributed by atoms with Crippen molar-refractivity contribution in [3.8, 4) is 0 Å². The van der Waals surface area contributed by atoms with Gasteiger partial charge in [0, 0.05) is 16.8 Å². The molecule has 1 amide bonds. The van der Waals surface area contributed by atoms with Crippen molar-refractivity contribution in [1.29, 1.82) is 0 Å². The molecule has 1 aliphatic heterocycles. The average molecular weight is 502 g/mol. The van der Waals surface area contributed by atoms with Crippen molar-refractivity contribution >= 4 is 33.2 Å². The highest BCUT2D eigenvalue weighted by molar-refractivity contribution is 7.89. The molecule has 2 N–H and O–H groups in total. The van der Waals surface area contributed by atoms with Gasteiger partial charge in [-0.05, 0) is 30.3 Å². The number of Topliss-reactive ketones (excluding diaryl/α,β-unsaturated/α-hetero) is 1. The second-order valence-corrected chi connectivity index (χ2v) is 9.36. The van der Waals surface area contributed by atoms with E-state index in [0.29, 0.717) is 10.4 Å². The molecule has 35 heavy (non-hydrogen) atoms. The summed E-state index contributed by atoms with van der Waals surface area (Å²) in [5.41, 5.74) is -1.92. The van der Waals surface area contributed by atoms with Crippen molar-refractivity contribution in [3.63, 3.8) is 0 Å². The van der Waals surface area contributed by atoms with Crippen molar-refractivity contribution in [2.24, 2.45) is 0 Å². The molecule has 1 aliphatic rings. The first-order valence-electron chi connectivity index (χ1n) is 10.1. The van der Waals surface area contributed by atoms with Gasteiger partial charge in [-0.15, -0.1) is 0 Å². The van der Waals surface area contributed by atoms with Gasteiger partial charge < -0.3 is 10.4 Å². The third-order valence-electron chi connectivity index (χ3n) is 5.20. The van der Waals surface area contributed by atoms with Gasteiger partial charge in [0.15, 0.2) is 5.76 Å². The number of aliphatic hydroxyl groups excluding tert-OH is 1. The van der Waals surface area contributed by atoms with E-state index in [4.69, 9.17) is 0 Å². The molecule has 0 spiro atoms. The fraction of sp³-hybridized carbons (Fsp3) is 0.0833. The topological polar surface area (TPSA) is 104 Å². The summed E-state index contributed by atoms with van der Waals surface area (Å²) in [4.78, 5) is 25.6. The Morgan fingerprint density at radius 3 is 2.29 bits per heavy atom. The average Bonchev–Trinajstić information content (AvgIpc) is 2.83. The first-order chi connectivity index (χ1) is 16.5. The molecular weight excluding hydrogens is 485 g/mol. The van der Waals surface area contributed by atoms with Crippen LogP contribution in [0.15, 0.2) is 89.5 Å². The number of alkyl halides is 3. The Balaban J connectivity index is 1.76. The standard InChI is InChI=1S/C24H17F3N2O5S/c25-24(26,27)16-9-6-10-17(13-16)28-20(30)14-29-21(22(31)15-7-2-1-3-8-15)23(32)18-11-4-5-12-19(18)35(29,33)34/h1-13,31H,14H2,(H,28,30). The number of aliphatic hydroxyl groups is 1. The Morgan fingerprint density at radius 1 is 0.943 bits per heavy atom. The Hall–Kier alpha value is -4.12. The molecule has 7 nitrogen and oxygen atoms in total. The number of benzene rings is 3. The molecule has 0 saturated heterocycles. The molecule has 0 unspecified atom stereocenters. The summed E-state index contributed by atoms with van der Waals surface area (Å²) in [6.07, 6.45) is -4.65. The smallest absolute Gasteiger partial charge is 0.416 e. The monoisotopic (exact) mass is 502 g/mol. The zero-order chi connectivity index (χ0) is 25.4. The second kappa shape index (κ2) is 8.91. The van der Waals surface area contributed by atoms with E-state index in [9.17, 15) is 36.3 Å². The van der Waals surface area contributed by atoms with Crippen LogP contribution in [0.1, 0.15) is 21.5 Å². The van der Waals surface area contributed by atoms with Gasteiger partial charge in [-0.2, -0.15) is 13.2 Å². The number of halogens is 3. The van der Waals surface area contributed by atoms with Crippen LogP contribution in [0.25, 0.3) is 5.76 Å². The number of allylic oxidation sites excluding steroid dienone is 1. The number of carbonyl (C=O) groups excluding carboxylic acids is 2. The van der Waals surface area contributed by atoms with E-state index >= 15 is 0 Å². The van der Waals surface area contributed by atoms with Gasteiger partial charge in [0.25, 0.3) is 10.0 Å². The molecular formula is C24H17F3N2O5S. The number of rotatable bonds is 4. The number of fused-ring (bicyclic) bond motifs is 1. The fourth-order valence-corrected chi connectivity index (χ4v) is 5.21. The first-order valence-corrected chi connectivity index (χ1v) is 11.6. The van der Waals surface area contributed by atoms with Crippen LogP contribution in [0.2, 0.25) is 0 Å². The number of anilines is 1. The van der Waals surface area contributed by atoms with E-state index in [1.165, 1.54) is 42.5 Å². The van der Waals surface area contributed by atoms with Crippen LogP contribution in [0.5, 0.6) is 0 Å². The van der Waals surface area contributed by atoms with Crippen LogP contribution >= 0.6 is 0 Å². The zero-order valence-electron chi connectivity index (χ0n) is 17.8. The fourth-order valence-electron chi connectivity index (χ4n) is 3.59. The van der Waals surface area contributed by atoms with Gasteiger partial charge in [0.05, 0.1) is 10.5 Å². The summed E-state index contributed by atoms with van der Waals surface area (Å²) < 4.78 is 66.2. The summed E-state index contributed by atoms with van der Waals surface area (Å²) in [6, 6.07) is 16.8. The first kappa shape index (κ1) is 24.0. The third-order valence-corrected chi connectivity index (χ3v) is 7.00. The van der Waals surface area contributed by atoms with E-state index in [1.807, 2.05) is 0 Å². The molecule has 1 heterocycles.